The summed E-state index contributed by atoms with van der Waals surface area (Å²) in [5.74, 6) is -0.483. The van der Waals surface area contributed by atoms with E-state index < -0.39 is 24.6 Å². The van der Waals surface area contributed by atoms with Gasteiger partial charge in [0.25, 0.3) is 0 Å². The van der Waals surface area contributed by atoms with Crippen LogP contribution in [-0.4, -0.2) is 71.7 Å². The van der Waals surface area contributed by atoms with Gasteiger partial charge in [0.15, 0.2) is 6.29 Å². The fraction of sp³-hybridized carbons (Fsp3) is 0.929. The van der Waals surface area contributed by atoms with Gasteiger partial charge in [0, 0.05) is 28.4 Å². The molecule has 21 heavy (non-hydrogen) atoms. The van der Waals surface area contributed by atoms with Crippen LogP contribution in [0.4, 0.5) is 0 Å². The highest BCUT2D eigenvalue weighted by Gasteiger charge is 2.47. The molecule has 0 aliphatic carbocycles. The van der Waals surface area contributed by atoms with E-state index in [-0.39, 0.29) is 24.6 Å². The molecule has 0 amide bonds. The number of rotatable bonds is 7. The zero-order valence-electron chi connectivity index (χ0n) is 13.5. The minimum Gasteiger partial charge on any atom is -0.463 e. The maximum absolute atomic E-state index is 11.6. The standard InChI is InChI=1S/C14H26O7/c1-8(2)13(15)20-7-9-10(16-3)11(17-4)12(18-5)14(19-6)21-9/h8-12,14H,7H2,1-6H3/t9-,10-,11+,12-,14-/m1/s1. The van der Waals surface area contributed by atoms with Gasteiger partial charge in [0.1, 0.15) is 31.0 Å². The molecule has 0 aromatic rings. The van der Waals surface area contributed by atoms with Gasteiger partial charge in [-0.05, 0) is 0 Å². The van der Waals surface area contributed by atoms with Crippen LogP contribution in [0.25, 0.3) is 0 Å². The van der Waals surface area contributed by atoms with Crippen LogP contribution in [0.15, 0.2) is 0 Å². The fourth-order valence-corrected chi connectivity index (χ4v) is 2.33. The summed E-state index contributed by atoms with van der Waals surface area (Å²) >= 11 is 0. The zero-order valence-corrected chi connectivity index (χ0v) is 13.5. The first-order chi connectivity index (χ1) is 9.99. The van der Waals surface area contributed by atoms with Gasteiger partial charge in [-0.25, -0.2) is 0 Å². The first kappa shape index (κ1) is 18.3. The molecule has 1 heterocycles. The molecule has 0 radical (unpaired) electrons. The minimum atomic E-state index is -0.617. The van der Waals surface area contributed by atoms with Crippen molar-refractivity contribution in [2.45, 2.75) is 44.6 Å². The van der Waals surface area contributed by atoms with E-state index in [9.17, 15) is 4.79 Å². The third-order valence-electron chi connectivity index (χ3n) is 3.50. The molecule has 0 N–H and O–H groups in total. The van der Waals surface area contributed by atoms with Crippen molar-refractivity contribution < 1.29 is 33.2 Å². The molecule has 1 aliphatic rings. The van der Waals surface area contributed by atoms with Crippen LogP contribution in [0.5, 0.6) is 0 Å². The number of carbonyl (C=O) groups excluding carboxylic acids is 1. The summed E-state index contributed by atoms with van der Waals surface area (Å²) in [5.41, 5.74) is 0. The zero-order chi connectivity index (χ0) is 16.0. The van der Waals surface area contributed by atoms with Gasteiger partial charge in [0.05, 0.1) is 5.92 Å². The van der Waals surface area contributed by atoms with Crippen LogP contribution in [0.3, 0.4) is 0 Å². The number of hydrogen-bond donors (Lipinski definition) is 0. The fourth-order valence-electron chi connectivity index (χ4n) is 2.33. The molecule has 0 aromatic carbocycles. The molecule has 1 saturated heterocycles. The minimum absolute atomic E-state index is 0.0751. The summed E-state index contributed by atoms with van der Waals surface area (Å²) in [6, 6.07) is 0. The number of ether oxygens (including phenoxy) is 6. The molecular formula is C14H26O7. The average molecular weight is 306 g/mol. The number of methoxy groups -OCH3 is 4. The largest absolute Gasteiger partial charge is 0.463 e. The van der Waals surface area contributed by atoms with Crippen molar-refractivity contribution in [3.05, 3.63) is 0 Å². The first-order valence-corrected chi connectivity index (χ1v) is 6.93. The topological polar surface area (TPSA) is 72.5 Å². The van der Waals surface area contributed by atoms with Crippen LogP contribution in [0.1, 0.15) is 13.8 Å². The Morgan fingerprint density at radius 3 is 1.95 bits per heavy atom. The highest BCUT2D eigenvalue weighted by atomic mass is 16.7. The van der Waals surface area contributed by atoms with E-state index in [1.807, 2.05) is 0 Å². The summed E-state index contributed by atoms with van der Waals surface area (Å²) < 4.78 is 32.6. The molecule has 7 nitrogen and oxygen atoms in total. The van der Waals surface area contributed by atoms with Gasteiger partial charge >= 0.3 is 5.97 Å². The molecule has 124 valence electrons. The molecule has 7 heteroatoms. The van der Waals surface area contributed by atoms with E-state index in [2.05, 4.69) is 0 Å². The molecule has 0 spiro atoms. The molecule has 0 aromatic heterocycles. The highest BCUT2D eigenvalue weighted by molar-refractivity contribution is 5.71. The second-order valence-corrected chi connectivity index (χ2v) is 5.16. The van der Waals surface area contributed by atoms with Crippen molar-refractivity contribution in [3.63, 3.8) is 0 Å². The van der Waals surface area contributed by atoms with E-state index in [0.717, 1.165) is 0 Å². The summed E-state index contributed by atoms with van der Waals surface area (Å²) in [7, 11) is 6.20. The molecule has 0 bridgehead atoms. The van der Waals surface area contributed by atoms with Crippen molar-refractivity contribution >= 4 is 5.97 Å². The Balaban J connectivity index is 2.79. The molecule has 1 aliphatic heterocycles. The van der Waals surface area contributed by atoms with Gasteiger partial charge in [-0.1, -0.05) is 13.8 Å². The normalized spacial score (nSPS) is 33.2. The average Bonchev–Trinajstić information content (AvgIpc) is 2.50. The van der Waals surface area contributed by atoms with Crippen LogP contribution in [0.2, 0.25) is 0 Å². The predicted molar refractivity (Wildman–Crippen MR) is 73.9 cm³/mol. The van der Waals surface area contributed by atoms with Crippen molar-refractivity contribution in [2.24, 2.45) is 5.92 Å². The smallest absolute Gasteiger partial charge is 0.308 e. The lowest BCUT2D eigenvalue weighted by molar-refractivity contribution is -0.307. The monoisotopic (exact) mass is 306 g/mol. The summed E-state index contributed by atoms with van der Waals surface area (Å²) in [4.78, 5) is 11.6. The van der Waals surface area contributed by atoms with Crippen molar-refractivity contribution in [3.8, 4) is 0 Å². The van der Waals surface area contributed by atoms with E-state index in [0.29, 0.717) is 0 Å². The van der Waals surface area contributed by atoms with E-state index >= 15 is 0 Å². The van der Waals surface area contributed by atoms with Crippen molar-refractivity contribution in [1.82, 2.24) is 0 Å². The summed E-state index contributed by atoms with van der Waals surface area (Å²) in [6.45, 7) is 3.62. The Morgan fingerprint density at radius 2 is 1.52 bits per heavy atom. The van der Waals surface area contributed by atoms with Gasteiger partial charge in [-0.3, -0.25) is 4.79 Å². The molecule has 1 rings (SSSR count). The van der Waals surface area contributed by atoms with Crippen LogP contribution in [0, 0.1) is 5.92 Å². The lowest BCUT2D eigenvalue weighted by Crippen LogP contribution is -2.61. The second kappa shape index (κ2) is 8.65. The molecular weight excluding hydrogens is 280 g/mol. The van der Waals surface area contributed by atoms with Crippen LogP contribution >= 0.6 is 0 Å². The van der Waals surface area contributed by atoms with Crippen molar-refractivity contribution in [2.75, 3.05) is 35.0 Å². The molecule has 1 fully saturated rings. The van der Waals surface area contributed by atoms with E-state index in [1.54, 1.807) is 35.2 Å². The Morgan fingerprint density at radius 1 is 0.952 bits per heavy atom. The SMILES string of the molecule is CO[C@@H]1O[C@H](COC(=O)C(C)C)[C@@H](OC)[C@H](OC)[C@H]1OC. The van der Waals surface area contributed by atoms with E-state index in [4.69, 9.17) is 28.4 Å². The van der Waals surface area contributed by atoms with Gasteiger partial charge in [-0.15, -0.1) is 0 Å². The maximum Gasteiger partial charge on any atom is 0.308 e. The van der Waals surface area contributed by atoms with Crippen molar-refractivity contribution in [1.29, 1.82) is 0 Å². The Kier molecular flexibility index (Phi) is 7.55. The van der Waals surface area contributed by atoms with Crippen LogP contribution < -0.4 is 0 Å². The maximum atomic E-state index is 11.6. The quantitative estimate of drug-likeness (QED) is 0.638. The number of esters is 1. The third-order valence-corrected chi connectivity index (χ3v) is 3.50. The lowest BCUT2D eigenvalue weighted by atomic mass is 9.98. The predicted octanol–water partition coefficient (Wildman–Crippen LogP) is 0.602. The first-order valence-electron chi connectivity index (χ1n) is 6.93. The Hall–Kier alpha value is -0.730. The van der Waals surface area contributed by atoms with Gasteiger partial charge in [-0.2, -0.15) is 0 Å². The van der Waals surface area contributed by atoms with E-state index in [1.165, 1.54) is 7.11 Å². The summed E-state index contributed by atoms with van der Waals surface area (Å²) in [6.07, 6.45) is -2.34. The molecule has 0 unspecified atom stereocenters. The number of hydrogen-bond acceptors (Lipinski definition) is 7. The Bertz CT molecular complexity index is 320. The lowest BCUT2D eigenvalue weighted by Gasteiger charge is -2.43. The molecule has 0 saturated carbocycles. The molecule has 5 atom stereocenters. The summed E-state index contributed by atoms with van der Waals surface area (Å²) in [5, 5.41) is 0. The third kappa shape index (κ3) is 4.37. The number of carbonyl (C=O) groups is 1. The van der Waals surface area contributed by atoms with Crippen LogP contribution in [-0.2, 0) is 33.2 Å². The van der Waals surface area contributed by atoms with Gasteiger partial charge in [0.2, 0.25) is 0 Å². The second-order valence-electron chi connectivity index (χ2n) is 5.16. The Labute approximate surface area is 125 Å². The highest BCUT2D eigenvalue weighted by Crippen LogP contribution is 2.27. The van der Waals surface area contributed by atoms with Gasteiger partial charge < -0.3 is 28.4 Å².